The molecule has 4 rings (SSSR count). The first-order chi connectivity index (χ1) is 14.4. The summed E-state index contributed by atoms with van der Waals surface area (Å²) < 4.78 is 10.6. The van der Waals surface area contributed by atoms with Crippen molar-refractivity contribution in [1.29, 1.82) is 5.41 Å². The van der Waals surface area contributed by atoms with Gasteiger partial charge in [0.1, 0.15) is 23.4 Å². The first-order valence-corrected chi connectivity index (χ1v) is 9.38. The zero-order valence-corrected chi connectivity index (χ0v) is 16.6. The number of carboxylic acid groups (broad SMARTS) is 1. The molecule has 1 atom stereocenters. The van der Waals surface area contributed by atoms with Crippen LogP contribution in [0.1, 0.15) is 12.0 Å². The van der Waals surface area contributed by atoms with Crippen LogP contribution < -0.4 is 19.7 Å². The predicted molar refractivity (Wildman–Crippen MR) is 112 cm³/mol. The molecule has 154 valence electrons. The number of hydrogen-bond acceptors (Lipinski definition) is 6. The number of ether oxygens (including phenoxy) is 2. The van der Waals surface area contributed by atoms with Crippen molar-refractivity contribution >= 4 is 29.0 Å². The van der Waals surface area contributed by atoms with Gasteiger partial charge in [0.25, 0.3) is 0 Å². The molecule has 0 bridgehead atoms. The van der Waals surface area contributed by atoms with Gasteiger partial charge < -0.3 is 24.8 Å². The molecule has 2 aliphatic rings. The molecule has 30 heavy (non-hydrogen) atoms. The number of benzene rings is 2. The number of methoxy groups -OCH3 is 2. The highest BCUT2D eigenvalue weighted by atomic mass is 16.5. The van der Waals surface area contributed by atoms with Crippen molar-refractivity contribution < 1.29 is 24.2 Å². The number of rotatable bonds is 5. The van der Waals surface area contributed by atoms with Crippen molar-refractivity contribution in [3.8, 4) is 11.5 Å². The molecule has 0 aliphatic carbocycles. The van der Waals surface area contributed by atoms with Crippen LogP contribution in [0.25, 0.3) is 0 Å². The highest BCUT2D eigenvalue weighted by Gasteiger charge is 2.45. The Hall–Kier alpha value is -3.81. The maximum atomic E-state index is 13.3. The van der Waals surface area contributed by atoms with E-state index in [0.29, 0.717) is 29.3 Å². The third kappa shape index (κ3) is 3.26. The molecule has 2 heterocycles. The normalized spacial score (nSPS) is 20.2. The second kappa shape index (κ2) is 7.55. The third-order valence-electron chi connectivity index (χ3n) is 5.29. The van der Waals surface area contributed by atoms with Gasteiger partial charge in [-0.1, -0.05) is 18.2 Å². The number of hydrogen-bond donors (Lipinski definition) is 3. The summed E-state index contributed by atoms with van der Waals surface area (Å²) in [6, 6.07) is 11.6. The summed E-state index contributed by atoms with van der Waals surface area (Å²) in [4.78, 5) is 26.2. The molecular weight excluding hydrogens is 386 g/mol. The molecule has 8 heteroatoms. The Morgan fingerprint density at radius 1 is 1.20 bits per heavy atom. The Balaban J connectivity index is 1.81. The average molecular weight is 407 g/mol. The number of aliphatic carboxylic acids is 1. The lowest BCUT2D eigenvalue weighted by molar-refractivity contribution is -0.138. The molecule has 0 aromatic heterocycles. The summed E-state index contributed by atoms with van der Waals surface area (Å²) in [6.45, 7) is 0. The zero-order valence-electron chi connectivity index (χ0n) is 16.6. The Morgan fingerprint density at radius 3 is 2.47 bits per heavy atom. The lowest BCUT2D eigenvalue weighted by Crippen LogP contribution is -2.37. The number of carbonyl (C=O) groups is 2. The van der Waals surface area contributed by atoms with Crippen LogP contribution in [0.2, 0.25) is 0 Å². The standard InChI is InChI=1S/C22H21N3O5/c1-29-14-8-13(9-15(10-14)30-2)25-18(11-19(26)27)21(28)20(22(25)23)17-7-12-5-3-4-6-16(12)24-17/h3-6,8-10,18,23-24H,7,11H2,1-2H3,(H,26,27). The molecule has 1 fully saturated rings. The van der Waals surface area contributed by atoms with E-state index < -0.39 is 18.4 Å². The van der Waals surface area contributed by atoms with E-state index in [9.17, 15) is 14.7 Å². The number of para-hydroxylation sites is 1. The first kappa shape index (κ1) is 19.5. The number of amidine groups is 1. The van der Waals surface area contributed by atoms with Crippen molar-refractivity contribution in [3.63, 3.8) is 0 Å². The monoisotopic (exact) mass is 407 g/mol. The molecule has 2 aliphatic heterocycles. The fourth-order valence-corrected chi connectivity index (χ4v) is 3.90. The van der Waals surface area contributed by atoms with Gasteiger partial charge in [0.05, 0.1) is 31.9 Å². The van der Waals surface area contributed by atoms with Gasteiger partial charge in [-0.2, -0.15) is 0 Å². The third-order valence-corrected chi connectivity index (χ3v) is 5.29. The van der Waals surface area contributed by atoms with Gasteiger partial charge in [-0.15, -0.1) is 0 Å². The van der Waals surface area contributed by atoms with Crippen LogP contribution in [-0.4, -0.2) is 43.0 Å². The Morgan fingerprint density at radius 2 is 1.87 bits per heavy atom. The molecule has 1 saturated heterocycles. The minimum atomic E-state index is -1.12. The molecule has 0 amide bonds. The van der Waals surface area contributed by atoms with Crippen LogP contribution in [0, 0.1) is 5.41 Å². The van der Waals surface area contributed by atoms with E-state index in [1.165, 1.54) is 19.1 Å². The second-order valence-electron chi connectivity index (χ2n) is 7.08. The lowest BCUT2D eigenvalue weighted by Gasteiger charge is -2.24. The molecule has 0 spiro atoms. The molecule has 1 unspecified atom stereocenters. The summed E-state index contributed by atoms with van der Waals surface area (Å²) in [5.41, 5.74) is 3.19. The largest absolute Gasteiger partial charge is 0.497 e. The highest BCUT2D eigenvalue weighted by Crippen LogP contribution is 2.38. The number of carboxylic acids is 1. The lowest BCUT2D eigenvalue weighted by atomic mass is 10.0. The second-order valence-corrected chi connectivity index (χ2v) is 7.08. The van der Waals surface area contributed by atoms with Gasteiger partial charge >= 0.3 is 5.97 Å². The Labute approximate surface area is 173 Å². The SMILES string of the molecule is COc1cc(OC)cc(N2C(=N)C(=C3Cc4ccccc4N3)C(=O)C2CC(=O)O)c1. The van der Waals surface area contributed by atoms with Crippen LogP contribution in [0.15, 0.2) is 53.7 Å². The maximum absolute atomic E-state index is 13.3. The zero-order chi connectivity index (χ0) is 21.4. The van der Waals surface area contributed by atoms with E-state index in [1.807, 2.05) is 24.3 Å². The number of fused-ring (bicyclic) bond motifs is 1. The van der Waals surface area contributed by atoms with E-state index in [0.717, 1.165) is 11.3 Å². The summed E-state index contributed by atoms with van der Waals surface area (Å²) in [5, 5.41) is 21.4. The number of Topliss-reactive ketones (excluding diaryl/α,β-unsaturated/α-hetero) is 1. The number of nitrogens with one attached hydrogen (secondary N) is 2. The predicted octanol–water partition coefficient (Wildman–Crippen LogP) is 2.84. The molecule has 2 aromatic carbocycles. The molecule has 2 aromatic rings. The van der Waals surface area contributed by atoms with Gasteiger partial charge in [0.15, 0.2) is 5.78 Å². The summed E-state index contributed by atoms with van der Waals surface area (Å²) in [7, 11) is 3.00. The van der Waals surface area contributed by atoms with E-state index in [4.69, 9.17) is 14.9 Å². The number of carbonyl (C=O) groups excluding carboxylic acids is 1. The van der Waals surface area contributed by atoms with Gasteiger partial charge in [-0.3, -0.25) is 15.0 Å². The Kier molecular flexibility index (Phi) is 4.91. The number of anilines is 2. The average Bonchev–Trinajstić information content (AvgIpc) is 3.25. The highest BCUT2D eigenvalue weighted by molar-refractivity contribution is 6.35. The van der Waals surface area contributed by atoms with Crippen molar-refractivity contribution in [1.82, 2.24) is 0 Å². The van der Waals surface area contributed by atoms with Crippen LogP contribution in [0.4, 0.5) is 11.4 Å². The first-order valence-electron chi connectivity index (χ1n) is 9.38. The van der Waals surface area contributed by atoms with E-state index in [-0.39, 0.29) is 17.2 Å². The van der Waals surface area contributed by atoms with Crippen LogP contribution in [0.5, 0.6) is 11.5 Å². The van der Waals surface area contributed by atoms with E-state index >= 15 is 0 Å². The minimum Gasteiger partial charge on any atom is -0.497 e. The molecule has 3 N–H and O–H groups in total. The van der Waals surface area contributed by atoms with Gasteiger partial charge in [-0.05, 0) is 11.6 Å². The fraction of sp³-hybridized carbons (Fsp3) is 0.227. The topological polar surface area (TPSA) is 112 Å². The number of allylic oxidation sites excluding steroid dienone is 1. The van der Waals surface area contributed by atoms with Gasteiger partial charge in [0.2, 0.25) is 0 Å². The Bertz CT molecular complexity index is 1040. The quantitative estimate of drug-likeness (QED) is 0.654. The number of ketones is 1. The van der Waals surface area contributed by atoms with Crippen molar-refractivity contribution in [3.05, 3.63) is 59.3 Å². The molecular formula is C22H21N3O5. The molecule has 8 nitrogen and oxygen atoms in total. The fourth-order valence-electron chi connectivity index (χ4n) is 3.90. The van der Waals surface area contributed by atoms with Crippen LogP contribution in [-0.2, 0) is 16.0 Å². The maximum Gasteiger partial charge on any atom is 0.305 e. The van der Waals surface area contributed by atoms with Crippen molar-refractivity contribution in [2.75, 3.05) is 24.4 Å². The van der Waals surface area contributed by atoms with E-state index in [1.54, 1.807) is 18.2 Å². The van der Waals surface area contributed by atoms with Gasteiger partial charge in [-0.25, -0.2) is 0 Å². The van der Waals surface area contributed by atoms with Crippen molar-refractivity contribution in [2.45, 2.75) is 18.9 Å². The molecule has 0 radical (unpaired) electrons. The summed E-state index contributed by atoms with van der Waals surface area (Å²) in [6.07, 6.45) is 0.0547. The van der Waals surface area contributed by atoms with Gasteiger partial charge in [0, 0.05) is 36.0 Å². The minimum absolute atomic E-state index is 0.0446. The summed E-state index contributed by atoms with van der Waals surface area (Å²) >= 11 is 0. The summed E-state index contributed by atoms with van der Waals surface area (Å²) in [5.74, 6) is -0.594. The van der Waals surface area contributed by atoms with Crippen molar-refractivity contribution in [2.24, 2.45) is 0 Å². The van der Waals surface area contributed by atoms with E-state index in [2.05, 4.69) is 5.32 Å². The van der Waals surface area contributed by atoms with Crippen LogP contribution in [0.3, 0.4) is 0 Å². The smallest absolute Gasteiger partial charge is 0.305 e. The molecule has 0 saturated carbocycles. The number of nitrogens with zero attached hydrogens (tertiary/aromatic N) is 1. The van der Waals surface area contributed by atoms with Crippen LogP contribution >= 0.6 is 0 Å².